The van der Waals surface area contributed by atoms with Gasteiger partial charge in [-0.3, -0.25) is 0 Å². The fourth-order valence-corrected chi connectivity index (χ4v) is 6.69. The van der Waals surface area contributed by atoms with Crippen LogP contribution in [0, 0.1) is 0 Å². The van der Waals surface area contributed by atoms with E-state index in [1.807, 2.05) is 0 Å². The molecule has 0 aliphatic rings. The lowest BCUT2D eigenvalue weighted by atomic mass is 9.90. The summed E-state index contributed by atoms with van der Waals surface area (Å²) in [6, 6.07) is 10.2. The van der Waals surface area contributed by atoms with E-state index in [2.05, 4.69) is 9.68 Å². The third kappa shape index (κ3) is 13.3. The van der Waals surface area contributed by atoms with E-state index in [9.17, 15) is 41.7 Å². The number of nitrogens with one attached hydrogen (secondary N) is 1. The van der Waals surface area contributed by atoms with Gasteiger partial charge in [-0.05, 0) is 105 Å². The number of hydrogen-bond donors (Lipinski definition) is 2. The fraction of sp³-hybridized carbons (Fsp3) is 0.514. The summed E-state index contributed by atoms with van der Waals surface area (Å²) in [4.78, 5) is 50.1. The van der Waals surface area contributed by atoms with E-state index < -0.39 is 98.0 Å². The minimum absolute atomic E-state index is 0.0790. The summed E-state index contributed by atoms with van der Waals surface area (Å²) >= 11 is 0. The second-order valence-electron chi connectivity index (χ2n) is 15.5. The lowest BCUT2D eigenvalue weighted by Crippen LogP contribution is -2.47. The van der Waals surface area contributed by atoms with Crippen molar-refractivity contribution in [3.05, 3.63) is 70.6 Å². The van der Waals surface area contributed by atoms with Crippen LogP contribution in [-0.2, 0) is 34.3 Å². The maximum absolute atomic E-state index is 14.7. The first-order chi connectivity index (χ1) is 24.6. The molecule has 2 unspecified atom stereocenters. The van der Waals surface area contributed by atoms with Gasteiger partial charge in [0.25, 0.3) is 0 Å². The lowest BCUT2D eigenvalue weighted by Gasteiger charge is -2.31. The van der Waals surface area contributed by atoms with Gasteiger partial charge in [-0.2, -0.15) is 13.2 Å². The topological polar surface area (TPSA) is 180 Å². The lowest BCUT2D eigenvalue weighted by molar-refractivity contribution is -0.267. The van der Waals surface area contributed by atoms with Crippen LogP contribution in [0.15, 0.2) is 68.2 Å². The van der Waals surface area contributed by atoms with Gasteiger partial charge in [-0.25, -0.2) is 23.4 Å². The van der Waals surface area contributed by atoms with Crippen LogP contribution in [0.2, 0.25) is 0 Å². The van der Waals surface area contributed by atoms with Crippen LogP contribution in [0.1, 0.15) is 80.7 Å². The summed E-state index contributed by atoms with van der Waals surface area (Å²) in [5, 5.41) is 14.2. The van der Waals surface area contributed by atoms with Crippen LogP contribution in [0.4, 0.5) is 22.8 Å². The highest BCUT2D eigenvalue weighted by Gasteiger charge is 2.55. The van der Waals surface area contributed by atoms with Crippen molar-refractivity contribution in [1.82, 2.24) is 5.32 Å². The molecule has 1 aromatic heterocycles. The van der Waals surface area contributed by atoms with Gasteiger partial charge in [-0.15, -0.1) is 4.36 Å². The summed E-state index contributed by atoms with van der Waals surface area (Å²) in [5.41, 5.74) is -7.70. The first-order valence-electron chi connectivity index (χ1n) is 16.9. The molecule has 0 bridgehead atoms. The van der Waals surface area contributed by atoms with Crippen molar-refractivity contribution in [1.29, 1.82) is 0 Å². The molecular weight excluding hydrogens is 737 g/mol. The Morgan fingerprint density at radius 2 is 1.37 bits per heavy atom. The summed E-state index contributed by atoms with van der Waals surface area (Å²) in [5.74, 6) is -2.36. The van der Waals surface area contributed by atoms with Gasteiger partial charge in [0, 0.05) is 35.4 Å². The van der Waals surface area contributed by atoms with Crippen LogP contribution >= 0.6 is 0 Å². The molecule has 0 fully saturated rings. The van der Waals surface area contributed by atoms with Crippen molar-refractivity contribution in [3.8, 4) is 11.5 Å². The SMILES string of the molecule is CC(C)(C)OC(=O)N=S(=O)(CC[C@H](NC(=O)OC(C)(C)C)C(=O)OC(C)(C)C)CCC(O)(c1ccc(Oc2ccc3ccc(=O)oc3c2)cc1)C(F)(F)F. The number of aliphatic hydroxyl groups is 1. The number of fused-ring (bicyclic) bond motifs is 1. The van der Waals surface area contributed by atoms with E-state index in [0.29, 0.717) is 5.39 Å². The van der Waals surface area contributed by atoms with E-state index in [-0.39, 0.29) is 17.1 Å². The maximum atomic E-state index is 14.7. The van der Waals surface area contributed by atoms with Gasteiger partial charge in [0.1, 0.15) is 39.9 Å². The normalized spacial score (nSPS) is 15.3. The number of alkyl carbamates (subject to hydrolysis) is 1. The first kappa shape index (κ1) is 43.8. The van der Waals surface area contributed by atoms with E-state index in [1.54, 1.807) is 59.7 Å². The molecular formula is C37H47F3N2O11S. The molecule has 3 atom stereocenters. The molecule has 54 heavy (non-hydrogen) atoms. The zero-order chi connectivity index (χ0) is 40.9. The van der Waals surface area contributed by atoms with Crippen LogP contribution in [0.5, 0.6) is 11.5 Å². The van der Waals surface area contributed by atoms with E-state index >= 15 is 0 Å². The smallest absolute Gasteiger partial charge is 0.442 e. The van der Waals surface area contributed by atoms with Crippen molar-refractivity contribution in [2.24, 2.45) is 4.36 Å². The van der Waals surface area contributed by atoms with Crippen molar-refractivity contribution < 1.29 is 60.2 Å². The number of esters is 1. The average molecular weight is 785 g/mol. The molecule has 13 nitrogen and oxygen atoms in total. The average Bonchev–Trinajstić information content (AvgIpc) is 2.99. The largest absolute Gasteiger partial charge is 0.458 e. The number of rotatable bonds is 11. The molecule has 0 saturated heterocycles. The summed E-state index contributed by atoms with van der Waals surface area (Å²) in [6.07, 6.45) is -9.42. The van der Waals surface area contributed by atoms with Crippen LogP contribution in [0.25, 0.3) is 11.0 Å². The van der Waals surface area contributed by atoms with Crippen LogP contribution < -0.4 is 15.7 Å². The Bertz CT molecular complexity index is 2000. The Kier molecular flexibility index (Phi) is 13.3. The molecule has 1 heterocycles. The number of halogens is 3. The standard InChI is InChI=1S/C37H47F3N2O11S/c1-33(2,3)51-30(44)27(41-31(45)52-34(4,5)6)18-20-54(48,42-32(46)53-35(7,8)9)21-19-36(47,37(38,39)40)24-12-15-25(16-13-24)49-26-14-10-23-11-17-29(43)50-28(23)22-26/h10-17,22,27,47H,18-21H2,1-9H3,(H,41,45)/t27-,36?,54?/m0/s1. The van der Waals surface area contributed by atoms with Gasteiger partial charge in [-0.1, -0.05) is 12.1 Å². The number of ether oxygens (including phenoxy) is 4. The molecule has 0 aliphatic heterocycles. The highest BCUT2D eigenvalue weighted by Crippen LogP contribution is 2.43. The minimum atomic E-state index is -5.31. The number of carbonyl (C=O) groups excluding carboxylic acids is 3. The fourth-order valence-electron chi connectivity index (χ4n) is 4.78. The van der Waals surface area contributed by atoms with Crippen LogP contribution in [-0.4, -0.2) is 68.0 Å². The Labute approximate surface area is 311 Å². The quantitative estimate of drug-likeness (QED) is 0.110. The minimum Gasteiger partial charge on any atom is -0.458 e. The maximum Gasteiger partial charge on any atom is 0.442 e. The molecule has 0 spiro atoms. The second kappa shape index (κ2) is 16.4. The summed E-state index contributed by atoms with van der Waals surface area (Å²) in [6.45, 7) is 13.9. The first-order valence-corrected chi connectivity index (χ1v) is 18.7. The Hall–Kier alpha value is -4.64. The van der Waals surface area contributed by atoms with Crippen molar-refractivity contribution in [3.63, 3.8) is 0 Å². The van der Waals surface area contributed by atoms with Gasteiger partial charge >= 0.3 is 30.0 Å². The zero-order valence-electron chi connectivity index (χ0n) is 31.6. The van der Waals surface area contributed by atoms with Gasteiger partial charge in [0.15, 0.2) is 5.60 Å². The molecule has 0 saturated carbocycles. The summed E-state index contributed by atoms with van der Waals surface area (Å²) < 4.78 is 88.6. The zero-order valence-corrected chi connectivity index (χ0v) is 32.4. The monoisotopic (exact) mass is 784 g/mol. The third-order valence-electron chi connectivity index (χ3n) is 7.16. The number of alkyl halides is 3. The Morgan fingerprint density at radius 1 is 0.815 bits per heavy atom. The molecule has 298 valence electrons. The molecule has 3 rings (SSSR count). The predicted molar refractivity (Wildman–Crippen MR) is 194 cm³/mol. The van der Waals surface area contributed by atoms with E-state index in [1.165, 1.54) is 45.0 Å². The van der Waals surface area contributed by atoms with E-state index in [4.69, 9.17) is 23.4 Å². The number of carbonyl (C=O) groups is 3. The number of nitrogens with zero attached hydrogens (tertiary/aromatic N) is 1. The number of hydrogen-bond acceptors (Lipinski definition) is 11. The predicted octanol–water partition coefficient (Wildman–Crippen LogP) is 7.75. The molecule has 0 radical (unpaired) electrons. The molecule has 2 aromatic carbocycles. The van der Waals surface area contributed by atoms with Crippen molar-refractivity contribution in [2.75, 3.05) is 11.5 Å². The van der Waals surface area contributed by atoms with Crippen molar-refractivity contribution in [2.45, 2.75) is 110 Å². The Morgan fingerprint density at radius 3 is 1.93 bits per heavy atom. The van der Waals surface area contributed by atoms with E-state index in [0.717, 1.165) is 12.1 Å². The van der Waals surface area contributed by atoms with Crippen LogP contribution in [0.3, 0.4) is 0 Å². The van der Waals surface area contributed by atoms with Gasteiger partial charge < -0.3 is 33.8 Å². The number of amides is 2. The van der Waals surface area contributed by atoms with Gasteiger partial charge in [0.05, 0.1) is 9.73 Å². The Balaban J connectivity index is 1.94. The van der Waals surface area contributed by atoms with Crippen molar-refractivity contribution >= 4 is 38.9 Å². The molecule has 2 amide bonds. The summed E-state index contributed by atoms with van der Waals surface area (Å²) in [7, 11) is -4.04. The number of benzene rings is 2. The molecule has 17 heteroatoms. The molecule has 3 aromatic rings. The molecule has 2 N–H and O–H groups in total. The highest BCUT2D eigenvalue weighted by atomic mass is 32.2. The second-order valence-corrected chi connectivity index (χ2v) is 18.0. The van der Waals surface area contributed by atoms with Gasteiger partial charge in [0.2, 0.25) is 0 Å². The third-order valence-corrected chi connectivity index (χ3v) is 9.35. The highest BCUT2D eigenvalue weighted by molar-refractivity contribution is 7.93. The molecule has 0 aliphatic carbocycles.